The largest absolute Gasteiger partial charge is 0.323 e. The van der Waals surface area contributed by atoms with Crippen molar-refractivity contribution in [2.75, 3.05) is 11.2 Å². The summed E-state index contributed by atoms with van der Waals surface area (Å²) in [5.41, 5.74) is 4.00. The van der Waals surface area contributed by atoms with Gasteiger partial charge in [0.25, 0.3) is 5.56 Å². The summed E-state index contributed by atoms with van der Waals surface area (Å²) in [6, 6.07) is 20.3. The molecule has 13 heteroatoms. The molecular formula is C38H40N8O4S. The van der Waals surface area contributed by atoms with Crippen LogP contribution in [0.5, 0.6) is 0 Å². The van der Waals surface area contributed by atoms with Crippen molar-refractivity contribution in [1.29, 1.82) is 5.26 Å². The second kappa shape index (κ2) is 16.3. The minimum Gasteiger partial charge on any atom is -0.323 e. The average Bonchev–Trinajstić information content (AvgIpc) is 3.14. The number of carbonyl (C=O) groups excluding carboxylic acids is 1. The minimum absolute atomic E-state index is 0.00394. The van der Waals surface area contributed by atoms with Gasteiger partial charge in [0, 0.05) is 61.5 Å². The predicted molar refractivity (Wildman–Crippen MR) is 199 cm³/mol. The van der Waals surface area contributed by atoms with Crippen molar-refractivity contribution in [2.24, 2.45) is 17.0 Å². The number of guanidine groups is 1. The molecule has 0 radical (unpaired) electrons. The fourth-order valence-electron chi connectivity index (χ4n) is 6.02. The van der Waals surface area contributed by atoms with Gasteiger partial charge in [0.2, 0.25) is 11.9 Å². The van der Waals surface area contributed by atoms with Gasteiger partial charge in [-0.1, -0.05) is 30.3 Å². The van der Waals surface area contributed by atoms with Crippen molar-refractivity contribution >= 4 is 39.8 Å². The highest BCUT2D eigenvalue weighted by Crippen LogP contribution is 2.31. The number of hydrogen-bond acceptors (Lipinski definition) is 8. The first-order valence-electron chi connectivity index (χ1n) is 16.5. The molecule has 262 valence electrons. The van der Waals surface area contributed by atoms with Crippen molar-refractivity contribution in [3.63, 3.8) is 0 Å². The number of pyridine rings is 3. The highest BCUT2D eigenvalue weighted by atomic mass is 32.2. The summed E-state index contributed by atoms with van der Waals surface area (Å²) in [6.07, 6.45) is 10.8. The van der Waals surface area contributed by atoms with E-state index in [1.807, 2.05) is 53.4 Å². The molecule has 0 spiro atoms. The Kier molecular flexibility index (Phi) is 11.7. The number of carbonyl (C=O) groups is 1. The van der Waals surface area contributed by atoms with Crippen LogP contribution < -0.4 is 15.8 Å². The van der Waals surface area contributed by atoms with Gasteiger partial charge in [-0.2, -0.15) is 5.26 Å². The molecule has 1 saturated carbocycles. The second-order valence-electron chi connectivity index (χ2n) is 12.5. The number of amides is 1. The molecule has 12 nitrogen and oxygen atoms in total. The predicted octanol–water partition coefficient (Wildman–Crippen LogP) is 5.12. The lowest BCUT2D eigenvalue weighted by Gasteiger charge is -2.36. The molecule has 1 amide bonds. The zero-order valence-electron chi connectivity index (χ0n) is 28.9. The van der Waals surface area contributed by atoms with Crippen LogP contribution in [0.3, 0.4) is 0 Å². The highest BCUT2D eigenvalue weighted by Gasteiger charge is 2.30. The van der Waals surface area contributed by atoms with E-state index in [9.17, 15) is 23.3 Å². The molecule has 1 N–H and O–H groups in total. The van der Waals surface area contributed by atoms with E-state index in [2.05, 4.69) is 33.1 Å². The molecular weight excluding hydrogens is 665 g/mol. The summed E-state index contributed by atoms with van der Waals surface area (Å²) in [7, 11) is -1.84. The van der Waals surface area contributed by atoms with E-state index >= 15 is 0 Å². The Hall–Kier alpha value is -5.74. The first-order valence-corrected chi connectivity index (χ1v) is 18.4. The lowest BCUT2D eigenvalue weighted by molar-refractivity contribution is -0.119. The van der Waals surface area contributed by atoms with E-state index < -0.39 is 9.84 Å². The summed E-state index contributed by atoms with van der Waals surface area (Å²) in [4.78, 5) is 45.6. The van der Waals surface area contributed by atoms with Gasteiger partial charge in [-0.05, 0) is 75.6 Å². The number of nitriles is 1. The quantitative estimate of drug-likeness (QED) is 0.135. The van der Waals surface area contributed by atoms with Crippen molar-refractivity contribution in [3.8, 4) is 17.3 Å². The van der Waals surface area contributed by atoms with Crippen LogP contribution in [0, 0.1) is 11.3 Å². The van der Waals surface area contributed by atoms with E-state index in [1.54, 1.807) is 26.4 Å². The molecule has 51 heavy (non-hydrogen) atoms. The van der Waals surface area contributed by atoms with Crippen LogP contribution in [-0.4, -0.2) is 59.9 Å². The van der Waals surface area contributed by atoms with E-state index in [0.717, 1.165) is 11.8 Å². The van der Waals surface area contributed by atoms with E-state index in [1.165, 1.54) is 29.1 Å². The zero-order chi connectivity index (χ0) is 36.5. The topological polar surface area (TPSA) is 163 Å². The molecule has 1 aliphatic rings. The number of anilines is 1. The second-order valence-corrected chi connectivity index (χ2v) is 14.5. The molecule has 5 rings (SSSR count). The molecule has 1 aliphatic carbocycles. The highest BCUT2D eigenvalue weighted by molar-refractivity contribution is 7.90. The van der Waals surface area contributed by atoms with Crippen LogP contribution in [0.4, 0.5) is 5.69 Å². The lowest BCUT2D eigenvalue weighted by atomic mass is 9.90. The van der Waals surface area contributed by atoms with Crippen LogP contribution in [0.2, 0.25) is 0 Å². The van der Waals surface area contributed by atoms with Crippen molar-refractivity contribution < 1.29 is 13.2 Å². The number of aryl methyl sites for hydroxylation is 2. The van der Waals surface area contributed by atoms with Gasteiger partial charge in [0.05, 0.1) is 45.9 Å². The number of nitrogens with one attached hydrogen (secondary N) is 1. The average molecular weight is 705 g/mol. The van der Waals surface area contributed by atoms with E-state index in [4.69, 9.17) is 4.99 Å². The fourth-order valence-corrected chi connectivity index (χ4v) is 6.61. The Bertz CT molecular complexity index is 2160. The number of nitrogens with zero attached hydrogens (tertiary/aromatic N) is 7. The molecule has 0 saturated heterocycles. The van der Waals surface area contributed by atoms with Gasteiger partial charge < -0.3 is 14.8 Å². The number of benzene rings is 1. The smallest absolute Gasteiger partial charge is 0.250 e. The Morgan fingerprint density at radius 2 is 1.82 bits per heavy atom. The summed E-state index contributed by atoms with van der Waals surface area (Å²) >= 11 is 0. The van der Waals surface area contributed by atoms with Crippen LogP contribution >= 0.6 is 0 Å². The number of rotatable bonds is 10. The molecule has 0 atom stereocenters. The summed E-state index contributed by atoms with van der Waals surface area (Å²) < 4.78 is 25.8. The van der Waals surface area contributed by atoms with Crippen molar-refractivity contribution in [1.82, 2.24) is 19.9 Å². The molecule has 0 unspecified atom stereocenters. The fraction of sp³-hybridized carbons (Fsp3) is 0.289. The van der Waals surface area contributed by atoms with Crippen molar-refractivity contribution in [3.05, 3.63) is 113 Å². The summed E-state index contributed by atoms with van der Waals surface area (Å²) in [6.45, 7) is 5.27. The van der Waals surface area contributed by atoms with Gasteiger partial charge in [0.1, 0.15) is 0 Å². The number of hydrogen-bond donors (Lipinski definition) is 1. The van der Waals surface area contributed by atoms with E-state index in [0.29, 0.717) is 72.3 Å². The standard InChI is InChI=1S/C38H40N8O4S/c1-26(22-39)37(29-20-33(25-41-23-29)51(4,49)50)44-38(40-2)43-30-11-13-31(14-12-30)46(35(47)17-10-27-8-6-5-7-9-27)32-15-16-34(42-24-32)28-18-19-45(3)36(48)21-28/h5-9,15-16,18-21,23-25,30-31H,2,10-14,17H2,1,3-4H3,(H,43,44)/b37-26+. The van der Waals surface area contributed by atoms with Crippen molar-refractivity contribution in [2.45, 2.75) is 62.4 Å². The Balaban J connectivity index is 1.35. The number of aliphatic imine (C=N–C) groups is 2. The third-order valence-corrected chi connectivity index (χ3v) is 9.94. The minimum atomic E-state index is -3.53. The molecule has 0 aliphatic heterocycles. The molecule has 1 aromatic carbocycles. The SMILES string of the molecule is C=NC(=NC1CCC(N(C(=O)CCc2ccccc2)c2ccc(-c3ccn(C)c(=O)c3)nc2)CC1)N/C(=C(\C)C#N)c1cncc(S(C)(=O)=O)c1. The number of sulfone groups is 1. The van der Waals surface area contributed by atoms with Gasteiger partial charge >= 0.3 is 0 Å². The van der Waals surface area contributed by atoms with Crippen LogP contribution in [-0.2, 0) is 28.1 Å². The molecule has 3 aromatic heterocycles. The Morgan fingerprint density at radius 1 is 1.08 bits per heavy atom. The maximum Gasteiger partial charge on any atom is 0.250 e. The van der Waals surface area contributed by atoms with Crippen LogP contribution in [0.15, 0.2) is 111 Å². The normalized spacial score (nSPS) is 16.8. The first-order chi connectivity index (χ1) is 24.5. The first kappa shape index (κ1) is 36.5. The number of allylic oxidation sites excluding steroid dienone is 1. The summed E-state index contributed by atoms with van der Waals surface area (Å²) in [5, 5.41) is 12.8. The maximum absolute atomic E-state index is 13.9. The van der Waals surface area contributed by atoms with Gasteiger partial charge in [-0.25, -0.2) is 18.4 Å². The molecule has 0 bridgehead atoms. The third kappa shape index (κ3) is 9.29. The summed E-state index contributed by atoms with van der Waals surface area (Å²) in [5.74, 6) is 0.190. The Labute approximate surface area is 297 Å². The van der Waals surface area contributed by atoms with E-state index in [-0.39, 0.29) is 34.4 Å². The molecule has 4 aromatic rings. The monoisotopic (exact) mass is 704 g/mol. The lowest BCUT2D eigenvalue weighted by Crippen LogP contribution is -2.43. The van der Waals surface area contributed by atoms with Crippen LogP contribution in [0.25, 0.3) is 17.0 Å². The molecule has 1 fully saturated rings. The van der Waals surface area contributed by atoms with Crippen LogP contribution in [0.1, 0.15) is 50.2 Å². The van der Waals surface area contributed by atoms with Gasteiger partial charge in [-0.15, -0.1) is 0 Å². The van der Waals surface area contributed by atoms with Gasteiger partial charge in [0.15, 0.2) is 9.84 Å². The zero-order valence-corrected chi connectivity index (χ0v) is 29.7. The third-order valence-electron chi connectivity index (χ3n) is 8.86. The molecule has 3 heterocycles. The van der Waals surface area contributed by atoms with Gasteiger partial charge in [-0.3, -0.25) is 19.6 Å². The number of aromatic nitrogens is 3. The maximum atomic E-state index is 13.9. The Morgan fingerprint density at radius 3 is 2.45 bits per heavy atom.